The van der Waals surface area contributed by atoms with Gasteiger partial charge in [-0.25, -0.2) is 19.9 Å². The second kappa shape index (κ2) is 20.1. The molecule has 8 bridgehead atoms. The second-order valence-corrected chi connectivity index (χ2v) is 21.8. The van der Waals surface area contributed by atoms with Crippen LogP contribution in [0.5, 0.6) is 24.0 Å². The second-order valence-electron chi connectivity index (χ2n) is 21.8. The average molecular weight is 1210 g/mol. The number of halogens is 20. The quantitative estimate of drug-likeness (QED) is 0.0811. The monoisotopic (exact) mass is 1210 g/mol. The number of anilines is 4. The zero-order chi connectivity index (χ0) is 59.4. The molecule has 0 N–H and O–H groups in total. The van der Waals surface area contributed by atoms with E-state index in [0.717, 1.165) is 9.80 Å². The van der Waals surface area contributed by atoms with Gasteiger partial charge in [-0.15, -0.1) is 9.97 Å². The van der Waals surface area contributed by atoms with E-state index in [0.29, 0.717) is 63.3 Å². The van der Waals surface area contributed by atoms with Gasteiger partial charge in [0.2, 0.25) is 23.5 Å². The molecule has 0 amide bonds. The van der Waals surface area contributed by atoms with Crippen molar-refractivity contribution in [3.8, 4) is 24.0 Å². The van der Waals surface area contributed by atoms with E-state index in [1.807, 2.05) is 0 Å². The number of alkyl halides is 20. The summed E-state index contributed by atoms with van der Waals surface area (Å²) < 4.78 is 305. The van der Waals surface area contributed by atoms with Crippen LogP contribution in [0.4, 0.5) is 111 Å². The largest absolute Gasteiger partial charge is 0.454 e. The third kappa shape index (κ3) is 11.6. The van der Waals surface area contributed by atoms with E-state index in [4.69, 9.17) is 0 Å². The first-order valence-corrected chi connectivity index (χ1v) is 25.0. The predicted octanol–water partition coefficient (Wildman–Crippen LogP) is 11.8. The summed E-state index contributed by atoms with van der Waals surface area (Å²) in [6.07, 6.45) is -13.7. The zero-order valence-corrected chi connectivity index (χ0v) is 41.6. The highest BCUT2D eigenvalue weighted by Gasteiger charge is 2.83. The van der Waals surface area contributed by atoms with Crippen molar-refractivity contribution >= 4 is 23.3 Å². The molecular formula is C46H42F20N12O4. The van der Waals surface area contributed by atoms with Gasteiger partial charge in [-0.3, -0.25) is 0 Å². The zero-order valence-electron chi connectivity index (χ0n) is 41.6. The van der Waals surface area contributed by atoms with Crippen molar-refractivity contribution < 1.29 is 107 Å². The minimum Gasteiger partial charge on any atom is -0.454 e. The minimum atomic E-state index is -7.17. The highest BCUT2D eigenvalue weighted by molar-refractivity contribution is 5.61. The van der Waals surface area contributed by atoms with Gasteiger partial charge in [-0.2, -0.15) is 108 Å². The fraction of sp³-hybridized carbons (Fsp3) is 0.696. The van der Waals surface area contributed by atoms with Crippen LogP contribution in [0.3, 0.4) is 0 Å². The van der Waals surface area contributed by atoms with E-state index in [1.54, 1.807) is 0 Å². The maximum absolute atomic E-state index is 16.1. The summed E-state index contributed by atoms with van der Waals surface area (Å²) in [5.74, 6) is -34.3. The third-order valence-electron chi connectivity index (χ3n) is 15.5. The molecule has 16 nitrogen and oxygen atoms in total. The predicted molar refractivity (Wildman–Crippen MR) is 234 cm³/mol. The van der Waals surface area contributed by atoms with Gasteiger partial charge in [-0.1, -0.05) is 0 Å². The molecule has 82 heavy (non-hydrogen) atoms. The van der Waals surface area contributed by atoms with Crippen LogP contribution >= 0.6 is 0 Å². The van der Waals surface area contributed by atoms with E-state index >= 15 is 35.1 Å². The maximum Gasteiger partial charge on any atom is 0.422 e. The fourth-order valence-electron chi connectivity index (χ4n) is 13.5. The average Bonchev–Trinajstić information content (AvgIpc) is 1.07. The van der Waals surface area contributed by atoms with Crippen LogP contribution in [-0.2, 0) is 11.8 Å². The van der Waals surface area contributed by atoms with Gasteiger partial charge in [0.05, 0.1) is 36.2 Å². The molecule has 4 aromatic rings. The number of hydrogen-bond acceptors (Lipinski definition) is 16. The van der Waals surface area contributed by atoms with Gasteiger partial charge < -0.3 is 28.7 Å². The Labute approximate surface area is 448 Å². The third-order valence-corrected chi connectivity index (χ3v) is 15.5. The van der Waals surface area contributed by atoms with E-state index in [-0.39, 0.29) is 74.0 Å². The molecule has 8 aliphatic carbocycles. The van der Waals surface area contributed by atoms with Gasteiger partial charge in [0.25, 0.3) is 0 Å². The van der Waals surface area contributed by atoms with Gasteiger partial charge in [0.15, 0.2) is 26.4 Å². The Morgan fingerprint density at radius 3 is 0.780 bits per heavy atom. The van der Waals surface area contributed by atoms with Gasteiger partial charge in [0.1, 0.15) is 0 Å². The number of nitrogens with zero attached hydrogens (tertiary/aromatic N) is 12. The van der Waals surface area contributed by atoms with E-state index in [1.165, 1.54) is 0 Å². The van der Waals surface area contributed by atoms with Crippen LogP contribution in [0, 0.1) is 35.5 Å². The number of hydrogen-bond donors (Lipinski definition) is 0. The van der Waals surface area contributed by atoms with E-state index < -0.39 is 145 Å². The molecule has 0 spiro atoms. The Hall–Kier alpha value is -6.42. The van der Waals surface area contributed by atoms with Crippen molar-refractivity contribution in [2.75, 3.05) is 36.2 Å². The number of aromatic nitrogens is 10. The summed E-state index contributed by atoms with van der Waals surface area (Å²) in [4.78, 5) is 36.8. The molecule has 8 fully saturated rings. The van der Waals surface area contributed by atoms with Gasteiger partial charge in [0, 0.05) is 11.1 Å². The van der Waals surface area contributed by atoms with Crippen LogP contribution in [0.1, 0.15) is 88.7 Å². The maximum atomic E-state index is 16.1. The summed E-state index contributed by atoms with van der Waals surface area (Å²) in [5.41, 5.74) is -3.67. The van der Waals surface area contributed by atoms with Crippen molar-refractivity contribution in [3.63, 3.8) is 0 Å². The molecule has 8 saturated carbocycles. The first kappa shape index (κ1) is 58.8. The molecular weight excluding hydrogens is 1160 g/mol. The standard InChI is InChI=1S/C46H42F20N12O4/c47-39(48,49)17-79-33-71-31(72-34(75-33)80-18-40(50,51)52)77(37-7-21-1-22(8-37)3-23(2-21)9-37)27-13-67-29(68-14-27)43(59,60)45(63,64)46(65,66)44(61,62)30-69-15-28(16-70-30)78(38-10-24-4-25(11-38)6-26(5-24)12-38)32-73-35(81-19-41(53,54)55)76-36(74-32)82-20-42(56,57)58/h13-16,21-26H,1-12,17-20H2. The molecule has 12 rings (SSSR count). The van der Waals surface area contributed by atoms with Crippen LogP contribution in [0.15, 0.2) is 24.8 Å². The van der Waals surface area contributed by atoms with Gasteiger partial charge >= 0.3 is 72.4 Å². The Balaban J connectivity index is 0.975. The molecule has 0 aliphatic heterocycles. The lowest BCUT2D eigenvalue weighted by Crippen LogP contribution is -2.60. The van der Waals surface area contributed by atoms with Crippen LogP contribution < -0.4 is 28.7 Å². The smallest absolute Gasteiger partial charge is 0.422 e. The first-order chi connectivity index (χ1) is 37.9. The molecule has 0 saturated heterocycles. The normalized spacial score (nSPS) is 26.5. The molecule has 0 atom stereocenters. The summed E-state index contributed by atoms with van der Waals surface area (Å²) in [7, 11) is 0. The molecule has 4 heterocycles. The fourth-order valence-corrected chi connectivity index (χ4v) is 13.5. The van der Waals surface area contributed by atoms with Crippen molar-refractivity contribution in [1.29, 1.82) is 0 Å². The molecule has 0 unspecified atom stereocenters. The molecule has 0 radical (unpaired) electrons. The molecule has 450 valence electrons. The van der Waals surface area contributed by atoms with Crippen molar-refractivity contribution in [3.05, 3.63) is 36.4 Å². The van der Waals surface area contributed by atoms with Gasteiger partial charge in [-0.05, 0) is 113 Å². The number of ether oxygens (including phenoxy) is 4. The van der Waals surface area contributed by atoms with Crippen LogP contribution in [-0.4, -0.2) is 124 Å². The van der Waals surface area contributed by atoms with Crippen molar-refractivity contribution in [2.24, 2.45) is 35.5 Å². The Morgan fingerprint density at radius 1 is 0.354 bits per heavy atom. The van der Waals surface area contributed by atoms with E-state index in [9.17, 15) is 52.7 Å². The van der Waals surface area contributed by atoms with Crippen LogP contribution in [0.25, 0.3) is 0 Å². The molecule has 0 aromatic carbocycles. The molecule has 8 aliphatic rings. The summed E-state index contributed by atoms with van der Waals surface area (Å²) in [6, 6.07) is -4.99. The number of rotatable bonds is 19. The Morgan fingerprint density at radius 2 is 0.573 bits per heavy atom. The molecule has 36 heteroatoms. The minimum absolute atomic E-state index is 0.0633. The van der Waals surface area contributed by atoms with E-state index in [2.05, 4.69) is 68.8 Å². The molecule has 4 aromatic heterocycles. The topological polar surface area (TPSA) is 172 Å². The highest BCUT2D eigenvalue weighted by Crippen LogP contribution is 2.63. The summed E-state index contributed by atoms with van der Waals surface area (Å²) >= 11 is 0. The summed E-state index contributed by atoms with van der Waals surface area (Å²) in [5, 5.41) is 0. The highest BCUT2D eigenvalue weighted by atomic mass is 19.4. The lowest BCUT2D eigenvalue weighted by atomic mass is 9.52. The Kier molecular flexibility index (Phi) is 14.4. The lowest BCUT2D eigenvalue weighted by Gasteiger charge is -2.60. The Bertz CT molecular complexity index is 2630. The van der Waals surface area contributed by atoms with Crippen molar-refractivity contribution in [2.45, 2.75) is 137 Å². The first-order valence-electron chi connectivity index (χ1n) is 25.0. The lowest BCUT2D eigenvalue weighted by molar-refractivity contribution is -0.377. The SMILES string of the molecule is FC(F)(F)COc1nc(OCC(F)(F)F)nc(N(c2cnc(C(F)(F)C(F)(F)C(F)(F)C(F)(F)c3ncc(N(c4nc(OCC(F)(F)F)nc(OCC(F)(F)F)n4)C45CC6CC(CC(C6)C4)C5)cn3)nc2)C23CC4CC(CC(C4)C2)C3)n1. The van der Waals surface area contributed by atoms with Crippen molar-refractivity contribution in [1.82, 2.24) is 49.8 Å². The summed E-state index contributed by atoms with van der Waals surface area (Å²) in [6.45, 7) is -8.38. The van der Waals surface area contributed by atoms with Crippen LogP contribution in [0.2, 0.25) is 0 Å².